The second-order valence-electron chi connectivity index (χ2n) is 11.7. The molecule has 1 amide bonds. The van der Waals surface area contributed by atoms with Gasteiger partial charge in [0, 0.05) is 56.3 Å². The lowest BCUT2D eigenvalue weighted by Gasteiger charge is -2.43. The molecular weight excluding hydrogens is 617 g/mol. The Balaban J connectivity index is 1.19. The Morgan fingerprint density at radius 3 is 2.59 bits per heavy atom. The summed E-state index contributed by atoms with van der Waals surface area (Å²) in [6.45, 7) is 5.57. The lowest BCUT2D eigenvalue weighted by Crippen LogP contribution is -2.56. The molecule has 44 heavy (non-hydrogen) atoms. The summed E-state index contributed by atoms with van der Waals surface area (Å²) in [7, 11) is -2.41. The highest BCUT2D eigenvalue weighted by molar-refractivity contribution is 7.91. The van der Waals surface area contributed by atoms with Crippen molar-refractivity contribution in [3.8, 4) is 10.6 Å². The van der Waals surface area contributed by atoms with Crippen LogP contribution in [0.2, 0.25) is 0 Å². The number of ether oxygens (including phenoxy) is 1. The van der Waals surface area contributed by atoms with Gasteiger partial charge in [-0.2, -0.15) is 13.2 Å². The Kier molecular flexibility index (Phi) is 7.14. The number of nitrogens with one attached hydrogen (secondary N) is 1. The zero-order chi connectivity index (χ0) is 31.0. The van der Waals surface area contributed by atoms with Gasteiger partial charge in [0.05, 0.1) is 40.5 Å². The molecule has 234 valence electrons. The number of aryl methyl sites for hydroxylation is 1. The van der Waals surface area contributed by atoms with Crippen LogP contribution in [0.25, 0.3) is 10.6 Å². The maximum atomic E-state index is 14.1. The van der Waals surface area contributed by atoms with E-state index in [-0.39, 0.29) is 32.9 Å². The summed E-state index contributed by atoms with van der Waals surface area (Å²) in [5, 5.41) is 3.09. The Bertz CT molecular complexity index is 1740. The number of carbonyl (C=O) groups excluding carboxylic acids is 1. The molecule has 4 aliphatic rings. The van der Waals surface area contributed by atoms with Crippen molar-refractivity contribution in [2.75, 3.05) is 55.9 Å². The Morgan fingerprint density at radius 2 is 1.93 bits per heavy atom. The third-order valence-corrected chi connectivity index (χ3v) is 12.0. The van der Waals surface area contributed by atoms with Crippen molar-refractivity contribution in [3.63, 3.8) is 0 Å². The van der Waals surface area contributed by atoms with E-state index in [1.54, 1.807) is 0 Å². The number of fused-ring (bicyclic) bond motifs is 3. The zero-order valence-corrected chi connectivity index (χ0v) is 25.7. The van der Waals surface area contributed by atoms with Gasteiger partial charge in [0.2, 0.25) is 5.95 Å². The van der Waals surface area contributed by atoms with Gasteiger partial charge in [0.1, 0.15) is 10.4 Å². The molecule has 2 aromatic heterocycles. The molecule has 3 fully saturated rings. The predicted molar refractivity (Wildman–Crippen MR) is 159 cm³/mol. The predicted octanol–water partition coefficient (Wildman–Crippen LogP) is 4.05. The number of benzene rings is 1. The number of anilines is 3. The van der Waals surface area contributed by atoms with E-state index in [2.05, 4.69) is 31.2 Å². The standard InChI is InChI=1S/C29H31F3N6O4S2/c1-3-16-8-17(37-12-19-9-18(37)13-38(19)20-14-42-15-20)4-5-22(16)34-28-33-11-21(29(30,31)32)25(35-28)23-10-24-26(43-23)27(39)36(2)6-7-44(24,40)41/h4-5,8,10-11,18-20H,3,6-7,9,12-15H2,1-2H3,(H,33,34,35)/t18-,19-/m1/s1. The molecule has 15 heteroatoms. The van der Waals surface area contributed by atoms with Crippen LogP contribution in [0.15, 0.2) is 35.4 Å². The topological polar surface area (TPSA) is 108 Å². The number of sulfone groups is 1. The number of piperazine rings is 1. The van der Waals surface area contributed by atoms with E-state index in [0.29, 0.717) is 47.8 Å². The second kappa shape index (κ2) is 10.7. The summed E-state index contributed by atoms with van der Waals surface area (Å²) in [4.78, 5) is 26.8. The minimum atomic E-state index is -4.80. The van der Waals surface area contributed by atoms with Crippen LogP contribution in [0.3, 0.4) is 0 Å². The van der Waals surface area contributed by atoms with Crippen LogP contribution in [-0.2, 0) is 27.2 Å². The van der Waals surface area contributed by atoms with Crippen LogP contribution >= 0.6 is 11.3 Å². The number of likely N-dealkylation sites (tertiary alicyclic amines) is 1. The largest absolute Gasteiger partial charge is 0.420 e. The molecule has 2 bridgehead atoms. The minimum Gasteiger partial charge on any atom is -0.378 e. The van der Waals surface area contributed by atoms with Gasteiger partial charge in [-0.3, -0.25) is 9.69 Å². The van der Waals surface area contributed by atoms with Gasteiger partial charge in [-0.05, 0) is 42.7 Å². The Morgan fingerprint density at radius 1 is 1.14 bits per heavy atom. The van der Waals surface area contributed by atoms with Crippen molar-refractivity contribution < 1.29 is 31.1 Å². The van der Waals surface area contributed by atoms with Crippen LogP contribution < -0.4 is 10.2 Å². The minimum absolute atomic E-state index is 0.000829. The molecule has 2 atom stereocenters. The quantitative estimate of drug-likeness (QED) is 0.424. The first-order chi connectivity index (χ1) is 20.9. The summed E-state index contributed by atoms with van der Waals surface area (Å²) in [5.41, 5.74) is 1.13. The van der Waals surface area contributed by atoms with E-state index < -0.39 is 33.2 Å². The summed E-state index contributed by atoms with van der Waals surface area (Å²) >= 11 is 0.693. The van der Waals surface area contributed by atoms with Gasteiger partial charge < -0.3 is 19.9 Å². The van der Waals surface area contributed by atoms with Gasteiger partial charge in [-0.25, -0.2) is 18.4 Å². The molecule has 0 spiro atoms. The van der Waals surface area contributed by atoms with Crippen LogP contribution in [0.4, 0.5) is 30.5 Å². The Labute approximate surface area is 256 Å². The molecule has 7 rings (SSSR count). The fraction of sp³-hybridized carbons (Fsp3) is 0.483. The van der Waals surface area contributed by atoms with Crippen LogP contribution in [0.5, 0.6) is 0 Å². The fourth-order valence-electron chi connectivity index (χ4n) is 6.52. The number of hydrogen-bond acceptors (Lipinski definition) is 10. The average Bonchev–Trinajstić information content (AvgIpc) is 3.68. The van der Waals surface area contributed by atoms with E-state index in [0.717, 1.165) is 50.0 Å². The molecule has 0 unspecified atom stereocenters. The highest BCUT2D eigenvalue weighted by Crippen LogP contribution is 2.43. The maximum Gasteiger partial charge on any atom is 0.420 e. The van der Waals surface area contributed by atoms with Crippen molar-refractivity contribution in [1.29, 1.82) is 0 Å². The smallest absolute Gasteiger partial charge is 0.378 e. The highest BCUT2D eigenvalue weighted by atomic mass is 32.2. The molecule has 0 aliphatic carbocycles. The number of nitrogens with zero attached hydrogens (tertiary/aromatic N) is 5. The first-order valence-corrected chi connectivity index (χ1v) is 17.0. The van der Waals surface area contributed by atoms with E-state index >= 15 is 0 Å². The average molecular weight is 649 g/mol. The summed E-state index contributed by atoms with van der Waals surface area (Å²) in [5.74, 6) is -0.936. The molecule has 1 aromatic carbocycles. The van der Waals surface area contributed by atoms with E-state index in [4.69, 9.17) is 4.74 Å². The van der Waals surface area contributed by atoms with Crippen LogP contribution in [-0.4, -0.2) is 97.9 Å². The first kappa shape index (κ1) is 29.4. The van der Waals surface area contributed by atoms with Gasteiger partial charge in [0.15, 0.2) is 9.84 Å². The first-order valence-electron chi connectivity index (χ1n) is 14.5. The number of amides is 1. The molecule has 0 saturated carbocycles. The van der Waals surface area contributed by atoms with E-state index in [1.807, 2.05) is 19.1 Å². The monoisotopic (exact) mass is 648 g/mol. The van der Waals surface area contributed by atoms with E-state index in [9.17, 15) is 26.4 Å². The zero-order valence-electron chi connectivity index (χ0n) is 24.1. The molecule has 3 saturated heterocycles. The molecule has 3 aromatic rings. The van der Waals surface area contributed by atoms with Crippen LogP contribution in [0.1, 0.15) is 34.1 Å². The van der Waals surface area contributed by atoms with Crippen molar-refractivity contribution in [2.45, 2.75) is 49.0 Å². The van der Waals surface area contributed by atoms with Crippen molar-refractivity contribution in [3.05, 3.63) is 46.5 Å². The normalized spacial score (nSPS) is 23.5. The Hall–Kier alpha value is -3.27. The third kappa shape index (κ3) is 5.03. The third-order valence-electron chi connectivity index (χ3n) is 9.02. The molecule has 0 radical (unpaired) electrons. The molecule has 6 heterocycles. The summed E-state index contributed by atoms with van der Waals surface area (Å²) in [6, 6.07) is 8.60. The number of thiophene rings is 1. The number of carbonyl (C=O) groups is 1. The lowest BCUT2D eigenvalue weighted by molar-refractivity contribution is -0.137. The molecule has 1 N–H and O–H groups in total. The number of aromatic nitrogens is 2. The van der Waals surface area contributed by atoms with Crippen molar-refractivity contribution in [2.24, 2.45) is 0 Å². The fourth-order valence-corrected chi connectivity index (χ4v) is 9.55. The molecule has 4 aliphatic heterocycles. The highest BCUT2D eigenvalue weighted by Gasteiger charge is 2.47. The van der Waals surface area contributed by atoms with Gasteiger partial charge in [0.25, 0.3) is 5.91 Å². The maximum absolute atomic E-state index is 14.1. The van der Waals surface area contributed by atoms with E-state index in [1.165, 1.54) is 11.9 Å². The second-order valence-corrected chi connectivity index (χ2v) is 14.8. The van der Waals surface area contributed by atoms with Gasteiger partial charge >= 0.3 is 6.18 Å². The van der Waals surface area contributed by atoms with Crippen molar-refractivity contribution >= 4 is 44.4 Å². The lowest BCUT2D eigenvalue weighted by atomic mass is 10.1. The summed E-state index contributed by atoms with van der Waals surface area (Å²) < 4.78 is 73.4. The molecule has 10 nitrogen and oxygen atoms in total. The molecular formula is C29H31F3N6O4S2. The SMILES string of the molecule is CCc1cc(N2C[C@H]3C[C@@H]2CN3C2COC2)ccc1Nc1ncc(C(F)(F)F)c(-c2cc3c(s2)C(=O)N(C)CCS3(=O)=O)n1. The van der Waals surface area contributed by atoms with Crippen molar-refractivity contribution in [1.82, 2.24) is 19.8 Å². The summed E-state index contributed by atoms with van der Waals surface area (Å²) in [6.07, 6.45) is -2.32. The number of hydrogen-bond donors (Lipinski definition) is 1. The van der Waals surface area contributed by atoms with Gasteiger partial charge in [-0.1, -0.05) is 6.92 Å². The number of rotatable bonds is 6. The van der Waals surface area contributed by atoms with Crippen LogP contribution in [0, 0.1) is 0 Å². The van der Waals surface area contributed by atoms with Gasteiger partial charge in [-0.15, -0.1) is 11.3 Å². The number of alkyl halides is 3. The number of halogens is 3.